The van der Waals surface area contributed by atoms with Gasteiger partial charge >= 0.3 is 5.97 Å². The van der Waals surface area contributed by atoms with Crippen LogP contribution in [0, 0.1) is 5.92 Å². The van der Waals surface area contributed by atoms with Gasteiger partial charge in [0.05, 0.1) is 6.61 Å². The van der Waals surface area contributed by atoms with Crippen LogP contribution in [0.4, 0.5) is 0 Å². The van der Waals surface area contributed by atoms with Gasteiger partial charge < -0.3 is 19.3 Å². The molecule has 2 aliphatic carbocycles. The van der Waals surface area contributed by atoms with Crippen LogP contribution >= 0.6 is 7.82 Å². The van der Waals surface area contributed by atoms with E-state index in [0.717, 1.165) is 62.5 Å². The van der Waals surface area contributed by atoms with Gasteiger partial charge in [-0.25, -0.2) is 4.79 Å². The van der Waals surface area contributed by atoms with Crippen molar-refractivity contribution in [2.75, 3.05) is 6.61 Å². The average molecular weight is 576 g/mol. The number of phenols is 1. The number of carbonyl (C=O) groups is 1. The fourth-order valence-electron chi connectivity index (χ4n) is 5.96. The summed E-state index contributed by atoms with van der Waals surface area (Å²) in [5, 5.41) is 11.3. The van der Waals surface area contributed by atoms with Crippen LogP contribution in [0.3, 0.4) is 0 Å². The number of phenolic OH excluding ortho intramolecular Hbond substituents is 1. The first-order valence-electron chi connectivity index (χ1n) is 15.1. The van der Waals surface area contributed by atoms with Gasteiger partial charge in [-0.2, -0.15) is 0 Å². The Hall–Kier alpha value is -1.92. The average Bonchev–Trinajstić information content (AvgIpc) is 3.35. The van der Waals surface area contributed by atoms with Crippen molar-refractivity contribution in [3.8, 4) is 11.5 Å². The Morgan fingerprint density at radius 1 is 1.15 bits per heavy atom. The van der Waals surface area contributed by atoms with E-state index in [1.807, 2.05) is 19.9 Å². The van der Waals surface area contributed by atoms with E-state index in [4.69, 9.17) is 13.8 Å². The third-order valence-electron chi connectivity index (χ3n) is 8.23. The number of carbonyl (C=O) groups excluding carboxylic acids is 1. The molecule has 0 aromatic heterocycles. The van der Waals surface area contributed by atoms with E-state index >= 15 is 0 Å². The summed E-state index contributed by atoms with van der Waals surface area (Å²) in [6, 6.07) is 3.60. The Bertz CT molecular complexity index is 1100. The van der Waals surface area contributed by atoms with E-state index < -0.39 is 19.4 Å². The van der Waals surface area contributed by atoms with Crippen LogP contribution in [0.25, 0.3) is 0 Å². The van der Waals surface area contributed by atoms with Crippen LogP contribution in [0.5, 0.6) is 11.5 Å². The summed E-state index contributed by atoms with van der Waals surface area (Å²) < 4.78 is 29.4. The number of phosphoric acid groups is 1. The summed E-state index contributed by atoms with van der Waals surface area (Å²) in [4.78, 5) is 26.6. The number of hydrogen-bond acceptors (Lipinski definition) is 7. The van der Waals surface area contributed by atoms with Crippen LogP contribution in [0.15, 0.2) is 35.9 Å². The first-order valence-corrected chi connectivity index (χ1v) is 16.5. The molecule has 0 aliphatic heterocycles. The molecule has 3 rings (SSSR count). The van der Waals surface area contributed by atoms with E-state index in [1.54, 1.807) is 6.07 Å². The minimum absolute atomic E-state index is 0.0211. The van der Waals surface area contributed by atoms with Crippen molar-refractivity contribution in [3.05, 3.63) is 47.1 Å². The molecule has 3 atom stereocenters. The Morgan fingerprint density at radius 2 is 1.82 bits per heavy atom. The molecule has 1 saturated carbocycles. The lowest BCUT2D eigenvalue weighted by atomic mass is 9.73. The van der Waals surface area contributed by atoms with Gasteiger partial charge in [0.1, 0.15) is 11.5 Å². The Balaban J connectivity index is 1.97. The number of allylic oxidation sites excluding steroid dienone is 3. The van der Waals surface area contributed by atoms with Gasteiger partial charge in [0, 0.05) is 11.5 Å². The maximum Gasteiger partial charge on any atom is 0.344 e. The number of aromatic hydroxyl groups is 1. The maximum atomic E-state index is 13.8. The number of hydrogen-bond donors (Lipinski definition) is 1. The summed E-state index contributed by atoms with van der Waals surface area (Å²) in [6.45, 7) is 12.4. The Morgan fingerprint density at radius 3 is 2.48 bits per heavy atom. The molecule has 0 amide bonds. The number of unbranched alkanes of at least 4 members (excludes halogenated alkanes) is 4. The second-order valence-corrected chi connectivity index (χ2v) is 13.0. The highest BCUT2D eigenvalue weighted by Crippen LogP contribution is 2.51. The molecule has 2 aliphatic rings. The monoisotopic (exact) mass is 575 g/mol. The van der Waals surface area contributed by atoms with Crippen LogP contribution in [-0.4, -0.2) is 23.3 Å². The van der Waals surface area contributed by atoms with E-state index in [1.165, 1.54) is 5.57 Å². The zero-order valence-corrected chi connectivity index (χ0v) is 25.7. The largest absolute Gasteiger partial charge is 0.756 e. The Labute approximate surface area is 240 Å². The SMILES string of the molecule is C=C(C)[C@@H]1CCC(C)=C[C@H]1c1c(O)cc(CCCCC)cc1OC(=O)C1(OP(=O)([O-])OCCCCC)CCCC1. The second kappa shape index (κ2) is 14.8. The van der Waals surface area contributed by atoms with Gasteiger partial charge in [-0.3, -0.25) is 9.09 Å². The zero-order valence-electron chi connectivity index (χ0n) is 24.8. The topological polar surface area (TPSA) is 105 Å². The van der Waals surface area contributed by atoms with Gasteiger partial charge in [-0.05, 0) is 95.2 Å². The minimum atomic E-state index is -4.73. The summed E-state index contributed by atoms with van der Waals surface area (Å²) in [6.07, 6.45) is 11.8. The van der Waals surface area contributed by atoms with E-state index in [9.17, 15) is 19.4 Å². The molecule has 1 N–H and O–H groups in total. The maximum absolute atomic E-state index is 13.8. The summed E-state index contributed by atoms with van der Waals surface area (Å²) in [5.74, 6) is -0.556. The number of ether oxygens (including phenoxy) is 1. The van der Waals surface area contributed by atoms with E-state index in [0.29, 0.717) is 24.8 Å². The molecule has 224 valence electrons. The zero-order chi connectivity index (χ0) is 29.3. The second-order valence-electron chi connectivity index (χ2n) is 11.7. The highest BCUT2D eigenvalue weighted by Gasteiger charge is 2.47. The summed E-state index contributed by atoms with van der Waals surface area (Å²) in [7, 11) is -4.73. The van der Waals surface area contributed by atoms with Crippen molar-refractivity contribution in [3.63, 3.8) is 0 Å². The molecule has 0 saturated heterocycles. The normalized spacial score (nSPS) is 22.0. The molecule has 0 bridgehead atoms. The van der Waals surface area contributed by atoms with Gasteiger partial charge in [0.15, 0.2) is 5.60 Å². The van der Waals surface area contributed by atoms with Crippen LogP contribution in [-0.2, 0) is 24.8 Å². The van der Waals surface area contributed by atoms with Crippen molar-refractivity contribution >= 4 is 13.8 Å². The quantitative estimate of drug-likeness (QED) is 0.0741. The number of esters is 1. The van der Waals surface area contributed by atoms with Crippen molar-refractivity contribution in [2.45, 2.75) is 123 Å². The number of benzene rings is 1. The van der Waals surface area contributed by atoms with Crippen molar-refractivity contribution in [1.82, 2.24) is 0 Å². The number of aryl methyl sites for hydroxylation is 1. The fourth-order valence-corrected chi connectivity index (χ4v) is 7.05. The lowest BCUT2D eigenvalue weighted by Gasteiger charge is -2.35. The molecule has 0 spiro atoms. The number of phosphoric ester groups is 1. The molecule has 0 heterocycles. The highest BCUT2D eigenvalue weighted by molar-refractivity contribution is 7.46. The van der Waals surface area contributed by atoms with E-state index in [2.05, 4.69) is 26.5 Å². The van der Waals surface area contributed by atoms with Crippen LogP contribution in [0.2, 0.25) is 0 Å². The molecule has 40 heavy (non-hydrogen) atoms. The molecule has 1 fully saturated rings. The molecule has 1 aromatic rings. The molecular weight excluding hydrogens is 527 g/mol. The number of rotatable bonds is 15. The van der Waals surface area contributed by atoms with Crippen molar-refractivity contribution < 1.29 is 33.1 Å². The lowest BCUT2D eigenvalue weighted by molar-refractivity contribution is -0.237. The predicted molar refractivity (Wildman–Crippen MR) is 156 cm³/mol. The molecule has 7 nitrogen and oxygen atoms in total. The Kier molecular flexibility index (Phi) is 12.1. The van der Waals surface area contributed by atoms with E-state index in [-0.39, 0.29) is 42.8 Å². The fraction of sp³-hybridized carbons (Fsp3) is 0.656. The predicted octanol–water partition coefficient (Wildman–Crippen LogP) is 8.05. The third kappa shape index (κ3) is 8.55. The standard InChI is InChI=1S/C32H49O7P/c1-6-8-10-14-25-21-28(33)30(27-20-24(5)15-16-26(27)23(3)4)29(22-25)38-31(34)32(17-11-12-18-32)39-40(35,36)37-19-13-9-7-2/h20-22,26-27,33H,3,6-19H2,1-2,4-5H3,(H,35,36)/p-1/t26-,27+/m0/s1. The lowest BCUT2D eigenvalue weighted by Crippen LogP contribution is -2.42. The van der Waals surface area contributed by atoms with Crippen LogP contribution in [0.1, 0.15) is 122 Å². The third-order valence-corrected chi connectivity index (χ3v) is 9.30. The van der Waals surface area contributed by atoms with Crippen molar-refractivity contribution in [2.24, 2.45) is 5.92 Å². The first kappa shape index (κ1) is 32.6. The van der Waals surface area contributed by atoms with Crippen LogP contribution < -0.4 is 9.63 Å². The van der Waals surface area contributed by atoms with Gasteiger partial charge in [0.25, 0.3) is 7.82 Å². The minimum Gasteiger partial charge on any atom is -0.756 e. The molecule has 1 unspecified atom stereocenters. The summed E-state index contributed by atoms with van der Waals surface area (Å²) in [5.41, 5.74) is 1.97. The smallest absolute Gasteiger partial charge is 0.344 e. The van der Waals surface area contributed by atoms with Gasteiger partial charge in [-0.15, -0.1) is 0 Å². The van der Waals surface area contributed by atoms with Crippen molar-refractivity contribution in [1.29, 1.82) is 0 Å². The molecule has 8 heteroatoms. The molecular formula is C32H48O7P-. The van der Waals surface area contributed by atoms with Gasteiger partial charge in [-0.1, -0.05) is 63.3 Å². The molecule has 0 radical (unpaired) electrons. The first-order chi connectivity index (χ1) is 19.0. The molecule has 1 aromatic carbocycles. The highest BCUT2D eigenvalue weighted by atomic mass is 31.2. The van der Waals surface area contributed by atoms with Gasteiger partial charge in [0.2, 0.25) is 0 Å². The summed E-state index contributed by atoms with van der Waals surface area (Å²) >= 11 is 0.